The van der Waals surface area contributed by atoms with Crippen LogP contribution in [0.4, 0.5) is 5.69 Å². The molecule has 2 heterocycles. The van der Waals surface area contributed by atoms with Crippen LogP contribution in [0, 0.1) is 0 Å². The van der Waals surface area contributed by atoms with Gasteiger partial charge in [-0.15, -0.1) is 0 Å². The molecule has 0 radical (unpaired) electrons. The van der Waals surface area contributed by atoms with E-state index in [9.17, 15) is 24.3 Å². The molecule has 2 unspecified atom stereocenters. The number of anilines is 1. The highest BCUT2D eigenvalue weighted by Crippen LogP contribution is 2.34. The summed E-state index contributed by atoms with van der Waals surface area (Å²) in [6.45, 7) is 2.23. The van der Waals surface area contributed by atoms with Gasteiger partial charge in [-0.25, -0.2) is 4.79 Å². The molecule has 150 valence electrons. The molecule has 1 fully saturated rings. The molecular weight excluding hydrogens is 362 g/mol. The monoisotopic (exact) mass is 387 g/mol. The number of nitrogens with one attached hydrogen (secondary N) is 1. The third-order valence-electron chi connectivity index (χ3n) is 5.52. The minimum atomic E-state index is -0.903. The minimum absolute atomic E-state index is 0.196. The van der Waals surface area contributed by atoms with Crippen molar-refractivity contribution in [2.24, 2.45) is 0 Å². The third kappa shape index (κ3) is 3.58. The van der Waals surface area contributed by atoms with Crippen molar-refractivity contribution in [1.29, 1.82) is 0 Å². The number of carboxylic acid groups (broad SMARTS) is 1. The van der Waals surface area contributed by atoms with Gasteiger partial charge in [0.15, 0.2) is 0 Å². The zero-order valence-corrected chi connectivity index (χ0v) is 16.1. The van der Waals surface area contributed by atoms with Crippen molar-refractivity contribution in [3.63, 3.8) is 0 Å². The maximum absolute atomic E-state index is 12.9. The average Bonchev–Trinajstić information content (AvgIpc) is 2.98. The molecule has 1 saturated heterocycles. The van der Waals surface area contributed by atoms with Gasteiger partial charge in [0, 0.05) is 36.8 Å². The molecule has 0 aromatic heterocycles. The molecule has 0 aliphatic carbocycles. The molecule has 3 amide bonds. The summed E-state index contributed by atoms with van der Waals surface area (Å²) < 4.78 is 0. The predicted molar refractivity (Wildman–Crippen MR) is 102 cm³/mol. The Kier molecular flexibility index (Phi) is 5.67. The second kappa shape index (κ2) is 8.00. The first-order chi connectivity index (χ1) is 13.3. The molecule has 3 rings (SSSR count). The van der Waals surface area contributed by atoms with Gasteiger partial charge in [-0.3, -0.25) is 19.7 Å². The van der Waals surface area contributed by atoms with Crippen LogP contribution < -0.4 is 10.2 Å². The first-order valence-corrected chi connectivity index (χ1v) is 9.57. The Balaban J connectivity index is 1.88. The van der Waals surface area contributed by atoms with Crippen molar-refractivity contribution in [3.8, 4) is 0 Å². The topological polar surface area (TPSA) is 107 Å². The van der Waals surface area contributed by atoms with Gasteiger partial charge in [0.2, 0.25) is 11.8 Å². The second-order valence-electron chi connectivity index (χ2n) is 7.31. The van der Waals surface area contributed by atoms with Crippen LogP contribution in [0.5, 0.6) is 0 Å². The number of imide groups is 1. The predicted octanol–water partition coefficient (Wildman–Crippen LogP) is 1.53. The lowest BCUT2D eigenvalue weighted by Crippen LogP contribution is -2.52. The van der Waals surface area contributed by atoms with Crippen molar-refractivity contribution < 1.29 is 24.3 Å². The molecule has 0 spiro atoms. The summed E-state index contributed by atoms with van der Waals surface area (Å²) in [5.74, 6) is -1.95. The van der Waals surface area contributed by atoms with E-state index < -0.39 is 24.0 Å². The Morgan fingerprint density at radius 2 is 2.11 bits per heavy atom. The van der Waals surface area contributed by atoms with Gasteiger partial charge >= 0.3 is 5.97 Å². The lowest BCUT2D eigenvalue weighted by atomic mass is 10.0. The van der Waals surface area contributed by atoms with E-state index in [1.165, 1.54) is 4.90 Å². The lowest BCUT2D eigenvalue weighted by molar-refractivity contribution is -0.139. The van der Waals surface area contributed by atoms with Crippen LogP contribution in [-0.4, -0.2) is 52.8 Å². The van der Waals surface area contributed by atoms with Gasteiger partial charge < -0.3 is 14.9 Å². The Bertz CT molecular complexity index is 822. The van der Waals surface area contributed by atoms with Crippen LogP contribution in [0.15, 0.2) is 18.2 Å². The van der Waals surface area contributed by atoms with Crippen LogP contribution in [0.3, 0.4) is 0 Å². The maximum Gasteiger partial charge on any atom is 0.326 e. The van der Waals surface area contributed by atoms with Crippen molar-refractivity contribution in [1.82, 2.24) is 10.2 Å². The molecule has 8 heteroatoms. The summed E-state index contributed by atoms with van der Waals surface area (Å²) in [6, 6.07) is 3.86. The Labute approximate surface area is 163 Å². The van der Waals surface area contributed by atoms with Gasteiger partial charge in [0.05, 0.1) is 0 Å². The Hall–Kier alpha value is -2.90. The van der Waals surface area contributed by atoms with E-state index >= 15 is 0 Å². The van der Waals surface area contributed by atoms with Crippen LogP contribution in [0.25, 0.3) is 0 Å². The lowest BCUT2D eigenvalue weighted by Gasteiger charge is -2.30. The zero-order valence-electron chi connectivity index (χ0n) is 16.1. The fraction of sp³-hybridized carbons (Fsp3) is 0.500. The fourth-order valence-corrected chi connectivity index (χ4v) is 3.95. The van der Waals surface area contributed by atoms with Crippen LogP contribution >= 0.6 is 0 Å². The molecule has 2 N–H and O–H groups in total. The third-order valence-corrected chi connectivity index (χ3v) is 5.52. The highest BCUT2D eigenvalue weighted by Gasteiger charge is 2.40. The largest absolute Gasteiger partial charge is 0.480 e. The number of carboxylic acids is 1. The average molecular weight is 387 g/mol. The summed E-state index contributed by atoms with van der Waals surface area (Å²) in [5, 5.41) is 11.9. The number of rotatable bonds is 7. The number of benzene rings is 1. The van der Waals surface area contributed by atoms with Crippen molar-refractivity contribution in [3.05, 3.63) is 29.3 Å². The van der Waals surface area contributed by atoms with Gasteiger partial charge in [-0.05, 0) is 25.0 Å². The number of fused-ring (bicyclic) bond motifs is 1. The second-order valence-corrected chi connectivity index (χ2v) is 7.31. The van der Waals surface area contributed by atoms with Gasteiger partial charge in [-0.1, -0.05) is 25.8 Å². The van der Waals surface area contributed by atoms with Crippen LogP contribution in [0.2, 0.25) is 0 Å². The quantitative estimate of drug-likeness (QED) is 0.687. The van der Waals surface area contributed by atoms with E-state index in [-0.39, 0.29) is 24.8 Å². The number of carbonyl (C=O) groups is 4. The molecule has 1 aromatic rings. The normalized spacial score (nSPS) is 20.0. The van der Waals surface area contributed by atoms with E-state index in [4.69, 9.17) is 0 Å². The first-order valence-electron chi connectivity index (χ1n) is 9.57. The van der Waals surface area contributed by atoms with Crippen LogP contribution in [-0.2, 0) is 20.9 Å². The van der Waals surface area contributed by atoms with Crippen molar-refractivity contribution >= 4 is 29.4 Å². The highest BCUT2D eigenvalue weighted by atomic mass is 16.4. The smallest absolute Gasteiger partial charge is 0.326 e. The standard InChI is InChI=1S/C20H25N3O5/c1-3-4-7-16(20(27)28)22(2)14-8-5-6-12-13(14)11-23(19(12)26)15-9-10-17(24)21-18(15)25/h5-6,8,15-16H,3-4,7,9-11H2,1-2H3,(H,27,28)(H,21,24,25). The number of hydrogen-bond acceptors (Lipinski definition) is 5. The SMILES string of the molecule is CCCCC(C(=O)O)N(C)c1cccc2c1CN(C1CCC(=O)NC1=O)C2=O. The molecule has 0 bridgehead atoms. The number of piperidine rings is 1. The maximum atomic E-state index is 12.9. The molecule has 2 atom stereocenters. The number of unbranched alkanes of at least 4 members (excludes halogenated alkanes) is 1. The molecule has 0 saturated carbocycles. The summed E-state index contributed by atoms with van der Waals surface area (Å²) in [4.78, 5) is 51.5. The summed E-state index contributed by atoms with van der Waals surface area (Å²) >= 11 is 0. The van der Waals surface area contributed by atoms with E-state index in [2.05, 4.69) is 5.32 Å². The van der Waals surface area contributed by atoms with Gasteiger partial charge in [0.1, 0.15) is 12.1 Å². The fourth-order valence-electron chi connectivity index (χ4n) is 3.95. The summed E-state index contributed by atoms with van der Waals surface area (Å²) in [7, 11) is 1.73. The number of amides is 3. The highest BCUT2D eigenvalue weighted by molar-refractivity contribution is 6.06. The number of likely N-dealkylation sites (N-methyl/N-ethyl adjacent to an activating group) is 1. The van der Waals surface area contributed by atoms with Crippen molar-refractivity contribution in [2.45, 2.75) is 57.7 Å². The molecular formula is C20H25N3O5. The van der Waals surface area contributed by atoms with Crippen LogP contribution in [0.1, 0.15) is 54.9 Å². The molecule has 8 nitrogen and oxygen atoms in total. The van der Waals surface area contributed by atoms with Gasteiger partial charge in [-0.2, -0.15) is 0 Å². The van der Waals surface area contributed by atoms with E-state index in [0.717, 1.165) is 18.4 Å². The number of aliphatic carboxylic acids is 1. The number of carbonyl (C=O) groups excluding carboxylic acids is 3. The Morgan fingerprint density at radius 3 is 2.75 bits per heavy atom. The molecule has 2 aliphatic heterocycles. The molecule has 28 heavy (non-hydrogen) atoms. The molecule has 1 aromatic carbocycles. The summed E-state index contributed by atoms with van der Waals surface area (Å²) in [5.41, 5.74) is 1.89. The van der Waals surface area contributed by atoms with E-state index in [0.29, 0.717) is 24.1 Å². The Morgan fingerprint density at radius 1 is 1.36 bits per heavy atom. The van der Waals surface area contributed by atoms with E-state index in [1.807, 2.05) is 13.0 Å². The van der Waals surface area contributed by atoms with E-state index in [1.54, 1.807) is 24.1 Å². The number of hydrogen-bond donors (Lipinski definition) is 2. The zero-order chi connectivity index (χ0) is 20.4. The molecule has 2 aliphatic rings. The van der Waals surface area contributed by atoms with Gasteiger partial charge in [0.25, 0.3) is 5.91 Å². The summed E-state index contributed by atoms with van der Waals surface area (Å²) in [6.07, 6.45) is 2.69. The first kappa shape index (κ1) is 19.9. The van der Waals surface area contributed by atoms with Crippen molar-refractivity contribution in [2.75, 3.05) is 11.9 Å². The minimum Gasteiger partial charge on any atom is -0.480 e. The number of nitrogens with zero attached hydrogens (tertiary/aromatic N) is 2.